The van der Waals surface area contributed by atoms with Gasteiger partial charge in [0.15, 0.2) is 0 Å². The van der Waals surface area contributed by atoms with Crippen molar-refractivity contribution in [3.8, 4) is 11.1 Å². The Morgan fingerprint density at radius 1 is 0.851 bits per heavy atom. The molecule has 3 aliphatic rings. The number of aryl methyl sites for hydroxylation is 1. The van der Waals surface area contributed by atoms with Gasteiger partial charge >= 0.3 is 0 Å². The molecule has 246 valence electrons. The molecule has 1 atom stereocenters. The summed E-state index contributed by atoms with van der Waals surface area (Å²) in [5, 5.41) is 3.99. The Bertz CT molecular complexity index is 1810. The smallest absolute Gasteiger partial charge is 0.260 e. The minimum absolute atomic E-state index is 0.0783. The van der Waals surface area contributed by atoms with Gasteiger partial charge in [0.1, 0.15) is 18.0 Å². The van der Waals surface area contributed by atoms with E-state index in [0.717, 1.165) is 69.1 Å². The van der Waals surface area contributed by atoms with Gasteiger partial charge in [-0.2, -0.15) is 4.98 Å². The number of carbonyl (C=O) groups is 1. The molecule has 1 unspecified atom stereocenters. The van der Waals surface area contributed by atoms with Crippen LogP contribution in [0.25, 0.3) is 22.2 Å². The summed E-state index contributed by atoms with van der Waals surface area (Å²) in [7, 11) is 4.31. The largest absolute Gasteiger partial charge is 0.341 e. The molecule has 7 rings (SSSR count). The van der Waals surface area contributed by atoms with Crippen LogP contribution in [-0.2, 0) is 11.3 Å². The molecule has 0 saturated carbocycles. The number of amides is 1. The molecule has 0 aliphatic carbocycles. The van der Waals surface area contributed by atoms with Gasteiger partial charge < -0.3 is 20.0 Å². The van der Waals surface area contributed by atoms with Crippen molar-refractivity contribution in [2.24, 2.45) is 0 Å². The Labute approximate surface area is 276 Å². The SMILES string of the molecule is Cc1nc(C2CCCN(C)C2)ncc1-c1cc2cnc(Nc3ccc(C4CCN(C)CC4)cc3)nc2n(CC(=O)N2CCCC2)c1=O. The van der Waals surface area contributed by atoms with Crippen LogP contribution in [0, 0.1) is 6.92 Å². The fourth-order valence-corrected chi connectivity index (χ4v) is 7.39. The standard InChI is InChI=1S/C36H45N9O2/c1-24-31(21-37-33(39-24)27-7-6-14-43(3)22-27)30-19-28-20-38-36(40-29-10-8-25(9-11-29)26-12-17-42(2)18-13-26)41-34(28)45(35(30)47)23-32(46)44-15-4-5-16-44/h8-11,19-21,26-27H,4-7,12-18,22-23H2,1-3H3,(H,38,40,41). The first-order chi connectivity index (χ1) is 22.8. The molecule has 47 heavy (non-hydrogen) atoms. The molecule has 3 saturated heterocycles. The third-order valence-corrected chi connectivity index (χ3v) is 10.2. The molecule has 4 aromatic rings. The Balaban J connectivity index is 1.21. The number of rotatable bonds is 7. The highest BCUT2D eigenvalue weighted by atomic mass is 16.2. The number of nitrogens with one attached hydrogen (secondary N) is 1. The van der Waals surface area contributed by atoms with E-state index in [1.165, 1.54) is 23.0 Å². The second kappa shape index (κ2) is 13.5. The predicted molar refractivity (Wildman–Crippen MR) is 184 cm³/mol. The van der Waals surface area contributed by atoms with Crippen LogP contribution in [0.4, 0.5) is 11.6 Å². The van der Waals surface area contributed by atoms with Crippen LogP contribution >= 0.6 is 0 Å². The van der Waals surface area contributed by atoms with Gasteiger partial charge in [0, 0.05) is 60.3 Å². The number of piperidine rings is 2. The second-order valence-corrected chi connectivity index (χ2v) is 13.7. The summed E-state index contributed by atoms with van der Waals surface area (Å²) in [5.74, 6) is 1.97. The number of pyridine rings is 1. The summed E-state index contributed by atoms with van der Waals surface area (Å²) in [6, 6.07) is 10.3. The number of hydrogen-bond donors (Lipinski definition) is 1. The number of fused-ring (bicyclic) bond motifs is 1. The molecule has 6 heterocycles. The molecule has 3 aliphatic heterocycles. The zero-order chi connectivity index (χ0) is 32.5. The molecule has 11 nitrogen and oxygen atoms in total. The highest BCUT2D eigenvalue weighted by Crippen LogP contribution is 2.30. The Hall–Kier alpha value is -4.22. The van der Waals surface area contributed by atoms with Crippen LogP contribution in [-0.4, -0.2) is 98.5 Å². The Morgan fingerprint density at radius 3 is 2.34 bits per heavy atom. The summed E-state index contributed by atoms with van der Waals surface area (Å²) in [4.78, 5) is 53.2. The first kappa shape index (κ1) is 31.4. The van der Waals surface area contributed by atoms with E-state index < -0.39 is 0 Å². The van der Waals surface area contributed by atoms with Gasteiger partial charge in [-0.1, -0.05) is 12.1 Å². The lowest BCUT2D eigenvalue weighted by Gasteiger charge is -2.29. The average Bonchev–Trinajstić information content (AvgIpc) is 3.63. The normalized spacial score (nSPS) is 19.8. The van der Waals surface area contributed by atoms with Crippen molar-refractivity contribution in [1.82, 2.24) is 39.2 Å². The second-order valence-electron chi connectivity index (χ2n) is 13.7. The maximum atomic E-state index is 14.2. The number of hydrogen-bond acceptors (Lipinski definition) is 9. The fraction of sp³-hybridized carbons (Fsp3) is 0.500. The fourth-order valence-electron chi connectivity index (χ4n) is 7.39. The van der Waals surface area contributed by atoms with Crippen molar-refractivity contribution >= 4 is 28.6 Å². The zero-order valence-electron chi connectivity index (χ0n) is 27.8. The number of likely N-dealkylation sites (tertiary alicyclic amines) is 3. The lowest BCUT2D eigenvalue weighted by molar-refractivity contribution is -0.130. The average molecular weight is 636 g/mol. The topological polar surface area (TPSA) is 112 Å². The summed E-state index contributed by atoms with van der Waals surface area (Å²) in [6.07, 6.45) is 9.96. The van der Waals surface area contributed by atoms with E-state index in [0.29, 0.717) is 47.1 Å². The zero-order valence-corrected chi connectivity index (χ0v) is 27.8. The molecule has 0 radical (unpaired) electrons. The first-order valence-electron chi connectivity index (χ1n) is 17.1. The molecular weight excluding hydrogens is 590 g/mol. The van der Waals surface area contributed by atoms with Gasteiger partial charge in [-0.05, 0) is 109 Å². The molecule has 0 bridgehead atoms. The van der Waals surface area contributed by atoms with E-state index in [2.05, 4.69) is 58.5 Å². The van der Waals surface area contributed by atoms with Crippen molar-refractivity contribution in [3.63, 3.8) is 0 Å². The third kappa shape index (κ3) is 6.78. The van der Waals surface area contributed by atoms with Crippen LogP contribution < -0.4 is 10.9 Å². The van der Waals surface area contributed by atoms with Gasteiger partial charge in [0.05, 0.1) is 5.56 Å². The van der Waals surface area contributed by atoms with Crippen molar-refractivity contribution in [3.05, 3.63) is 70.2 Å². The summed E-state index contributed by atoms with van der Waals surface area (Å²) in [5.41, 5.74) is 4.23. The summed E-state index contributed by atoms with van der Waals surface area (Å²) in [6.45, 7) is 7.53. The number of aromatic nitrogens is 5. The number of likely N-dealkylation sites (N-methyl/N-ethyl adjacent to an activating group) is 1. The molecule has 3 fully saturated rings. The van der Waals surface area contributed by atoms with Crippen molar-refractivity contribution in [1.29, 1.82) is 0 Å². The van der Waals surface area contributed by atoms with E-state index in [9.17, 15) is 9.59 Å². The van der Waals surface area contributed by atoms with Gasteiger partial charge in [0.2, 0.25) is 11.9 Å². The minimum atomic E-state index is -0.283. The maximum absolute atomic E-state index is 14.2. The lowest BCUT2D eigenvalue weighted by Crippen LogP contribution is -2.35. The van der Waals surface area contributed by atoms with Crippen LogP contribution in [0.3, 0.4) is 0 Å². The number of carbonyl (C=O) groups excluding carboxylic acids is 1. The van der Waals surface area contributed by atoms with Crippen LogP contribution in [0.1, 0.15) is 67.4 Å². The predicted octanol–water partition coefficient (Wildman–Crippen LogP) is 4.54. The van der Waals surface area contributed by atoms with Crippen LogP contribution in [0.15, 0.2) is 47.5 Å². The van der Waals surface area contributed by atoms with Gasteiger partial charge in [0.25, 0.3) is 5.56 Å². The van der Waals surface area contributed by atoms with Crippen LogP contribution in [0.5, 0.6) is 0 Å². The molecule has 3 aromatic heterocycles. The number of nitrogens with zero attached hydrogens (tertiary/aromatic N) is 8. The van der Waals surface area contributed by atoms with Crippen LogP contribution in [0.2, 0.25) is 0 Å². The van der Waals surface area contributed by atoms with E-state index >= 15 is 0 Å². The van der Waals surface area contributed by atoms with Gasteiger partial charge in [-0.25, -0.2) is 15.0 Å². The van der Waals surface area contributed by atoms with Gasteiger partial charge in [-0.3, -0.25) is 14.2 Å². The highest BCUT2D eigenvalue weighted by molar-refractivity contribution is 5.84. The molecule has 1 N–H and O–H groups in total. The summed E-state index contributed by atoms with van der Waals surface area (Å²) < 4.78 is 1.50. The Morgan fingerprint density at radius 2 is 1.62 bits per heavy atom. The van der Waals surface area contributed by atoms with Crippen molar-refractivity contribution in [2.75, 3.05) is 58.7 Å². The van der Waals surface area contributed by atoms with Crippen molar-refractivity contribution in [2.45, 2.75) is 63.8 Å². The van der Waals surface area contributed by atoms with Gasteiger partial charge in [-0.15, -0.1) is 0 Å². The summed E-state index contributed by atoms with van der Waals surface area (Å²) >= 11 is 0. The molecule has 1 amide bonds. The quantitative estimate of drug-likeness (QED) is 0.313. The minimum Gasteiger partial charge on any atom is -0.341 e. The lowest BCUT2D eigenvalue weighted by atomic mass is 9.89. The monoisotopic (exact) mass is 635 g/mol. The van der Waals surface area contributed by atoms with E-state index in [1.807, 2.05) is 17.9 Å². The molecule has 0 spiro atoms. The molecular formula is C36H45N9O2. The van der Waals surface area contributed by atoms with E-state index in [4.69, 9.17) is 15.0 Å². The Kier molecular flexibility index (Phi) is 9.00. The third-order valence-electron chi connectivity index (χ3n) is 10.2. The molecule has 1 aromatic carbocycles. The maximum Gasteiger partial charge on any atom is 0.260 e. The number of anilines is 2. The highest BCUT2D eigenvalue weighted by Gasteiger charge is 2.25. The molecule has 11 heteroatoms. The van der Waals surface area contributed by atoms with E-state index in [-0.39, 0.29) is 23.9 Å². The first-order valence-corrected chi connectivity index (χ1v) is 17.1. The van der Waals surface area contributed by atoms with E-state index in [1.54, 1.807) is 12.4 Å². The van der Waals surface area contributed by atoms with Crippen molar-refractivity contribution < 1.29 is 4.79 Å². The number of benzene rings is 1.